The first kappa shape index (κ1) is 12.3. The van der Waals surface area contributed by atoms with Crippen molar-refractivity contribution in [3.8, 4) is 0 Å². The highest BCUT2D eigenvalue weighted by atomic mass is 79.9. The Hall–Kier alpha value is -0.730. The van der Waals surface area contributed by atoms with Crippen LogP contribution in [0.25, 0.3) is 0 Å². The lowest BCUT2D eigenvalue weighted by atomic mass is 9.88. The van der Waals surface area contributed by atoms with Crippen LogP contribution in [0.4, 0.5) is 0 Å². The van der Waals surface area contributed by atoms with Gasteiger partial charge in [0.05, 0.1) is 0 Å². The average molecular weight is 319 g/mol. The number of halogens is 1. The first-order chi connectivity index (χ1) is 8.74. The minimum Gasteiger partial charge on any atom is -0.126 e. The van der Waals surface area contributed by atoms with E-state index in [4.69, 9.17) is 0 Å². The van der Waals surface area contributed by atoms with E-state index in [1.54, 1.807) is 0 Å². The molecule has 2 heteroatoms. The SMILES string of the molecule is Cc1ccc2c(c1)C(c1cccc(Br)c1)CCS2. The van der Waals surface area contributed by atoms with Gasteiger partial charge in [-0.25, -0.2) is 0 Å². The Morgan fingerprint density at radius 1 is 1.17 bits per heavy atom. The fraction of sp³-hybridized carbons (Fsp3) is 0.250. The molecule has 0 nitrogen and oxygen atoms in total. The second-order valence-corrected chi connectivity index (χ2v) is 6.84. The van der Waals surface area contributed by atoms with E-state index >= 15 is 0 Å². The minimum absolute atomic E-state index is 0.554. The monoisotopic (exact) mass is 318 g/mol. The van der Waals surface area contributed by atoms with Crippen molar-refractivity contribution in [1.82, 2.24) is 0 Å². The third kappa shape index (κ3) is 2.36. The van der Waals surface area contributed by atoms with Gasteiger partial charge in [0.2, 0.25) is 0 Å². The van der Waals surface area contributed by atoms with Crippen LogP contribution < -0.4 is 0 Å². The molecule has 0 amide bonds. The molecule has 1 aliphatic rings. The summed E-state index contributed by atoms with van der Waals surface area (Å²) in [5.74, 6) is 1.77. The fourth-order valence-electron chi connectivity index (χ4n) is 2.58. The number of rotatable bonds is 1. The largest absolute Gasteiger partial charge is 0.126 e. The molecule has 1 aliphatic heterocycles. The zero-order valence-electron chi connectivity index (χ0n) is 10.3. The smallest absolute Gasteiger partial charge is 0.0178 e. The summed E-state index contributed by atoms with van der Waals surface area (Å²) in [5.41, 5.74) is 4.29. The molecule has 1 heterocycles. The van der Waals surface area contributed by atoms with E-state index in [9.17, 15) is 0 Å². The Balaban J connectivity index is 2.08. The van der Waals surface area contributed by atoms with E-state index in [1.165, 1.54) is 38.2 Å². The molecule has 0 bridgehead atoms. The van der Waals surface area contributed by atoms with Crippen molar-refractivity contribution in [3.05, 3.63) is 63.6 Å². The van der Waals surface area contributed by atoms with Crippen molar-refractivity contribution in [2.24, 2.45) is 0 Å². The second-order valence-electron chi connectivity index (χ2n) is 4.79. The summed E-state index contributed by atoms with van der Waals surface area (Å²) in [7, 11) is 0. The van der Waals surface area contributed by atoms with Gasteiger partial charge in [0.15, 0.2) is 0 Å². The van der Waals surface area contributed by atoms with Crippen molar-refractivity contribution in [3.63, 3.8) is 0 Å². The van der Waals surface area contributed by atoms with Crippen molar-refractivity contribution < 1.29 is 0 Å². The predicted molar refractivity (Wildman–Crippen MR) is 82.5 cm³/mol. The third-order valence-electron chi connectivity index (χ3n) is 3.46. The summed E-state index contributed by atoms with van der Waals surface area (Å²) in [5, 5.41) is 0. The van der Waals surface area contributed by atoms with Crippen LogP contribution in [0.3, 0.4) is 0 Å². The van der Waals surface area contributed by atoms with Crippen LogP contribution in [0, 0.1) is 6.92 Å². The maximum Gasteiger partial charge on any atom is 0.0178 e. The summed E-state index contributed by atoms with van der Waals surface area (Å²) in [6.07, 6.45) is 1.23. The Morgan fingerprint density at radius 3 is 2.89 bits per heavy atom. The van der Waals surface area contributed by atoms with E-state index in [1.807, 2.05) is 11.8 Å². The summed E-state index contributed by atoms with van der Waals surface area (Å²) in [6.45, 7) is 2.18. The van der Waals surface area contributed by atoms with E-state index in [0.29, 0.717) is 5.92 Å². The lowest BCUT2D eigenvalue weighted by molar-refractivity contribution is 0.753. The van der Waals surface area contributed by atoms with Crippen LogP contribution in [0.15, 0.2) is 51.8 Å². The molecule has 0 aromatic heterocycles. The maximum atomic E-state index is 3.58. The van der Waals surface area contributed by atoms with E-state index in [0.717, 1.165) is 0 Å². The van der Waals surface area contributed by atoms with Gasteiger partial charge in [0.25, 0.3) is 0 Å². The van der Waals surface area contributed by atoms with Crippen molar-refractivity contribution >= 4 is 27.7 Å². The van der Waals surface area contributed by atoms with Gasteiger partial charge in [-0.15, -0.1) is 11.8 Å². The van der Waals surface area contributed by atoms with Crippen LogP contribution in [0.2, 0.25) is 0 Å². The topological polar surface area (TPSA) is 0 Å². The number of aryl methyl sites for hydroxylation is 1. The lowest BCUT2D eigenvalue weighted by Crippen LogP contribution is -2.09. The average Bonchev–Trinajstić information content (AvgIpc) is 2.38. The number of fused-ring (bicyclic) bond motifs is 1. The first-order valence-corrected chi connectivity index (χ1v) is 8.01. The van der Waals surface area contributed by atoms with Crippen molar-refractivity contribution in [2.45, 2.75) is 24.2 Å². The molecule has 0 aliphatic carbocycles. The highest BCUT2D eigenvalue weighted by Gasteiger charge is 2.22. The van der Waals surface area contributed by atoms with Gasteiger partial charge in [0.1, 0.15) is 0 Å². The van der Waals surface area contributed by atoms with Crippen molar-refractivity contribution in [2.75, 3.05) is 5.75 Å². The van der Waals surface area contributed by atoms with Crippen LogP contribution in [-0.4, -0.2) is 5.75 Å². The summed E-state index contributed by atoms with van der Waals surface area (Å²) >= 11 is 5.57. The van der Waals surface area contributed by atoms with Crippen LogP contribution in [0.5, 0.6) is 0 Å². The van der Waals surface area contributed by atoms with E-state index in [-0.39, 0.29) is 0 Å². The molecule has 18 heavy (non-hydrogen) atoms. The Labute approximate surface area is 121 Å². The highest BCUT2D eigenvalue weighted by Crippen LogP contribution is 2.41. The molecule has 0 radical (unpaired) electrons. The third-order valence-corrected chi connectivity index (χ3v) is 5.07. The zero-order chi connectivity index (χ0) is 12.5. The van der Waals surface area contributed by atoms with Gasteiger partial charge in [-0.2, -0.15) is 0 Å². The second kappa shape index (κ2) is 5.10. The molecular weight excluding hydrogens is 304 g/mol. The normalized spacial score (nSPS) is 18.4. The first-order valence-electron chi connectivity index (χ1n) is 6.23. The highest BCUT2D eigenvalue weighted by molar-refractivity contribution is 9.10. The number of thioether (sulfide) groups is 1. The fourth-order valence-corrected chi connectivity index (χ4v) is 4.11. The quantitative estimate of drug-likeness (QED) is 0.679. The Bertz CT molecular complexity index is 577. The molecule has 0 N–H and O–H groups in total. The van der Waals surface area contributed by atoms with Crippen LogP contribution >= 0.6 is 27.7 Å². The van der Waals surface area contributed by atoms with E-state index in [2.05, 4.69) is 65.3 Å². The Morgan fingerprint density at radius 2 is 2.06 bits per heavy atom. The Kier molecular flexibility index (Phi) is 3.49. The molecular formula is C16H15BrS. The summed E-state index contributed by atoms with van der Waals surface area (Å²) in [4.78, 5) is 1.46. The molecule has 1 unspecified atom stereocenters. The minimum atomic E-state index is 0.554. The summed E-state index contributed by atoms with van der Waals surface area (Å²) in [6, 6.07) is 15.6. The van der Waals surface area contributed by atoms with Gasteiger partial charge in [-0.1, -0.05) is 45.8 Å². The van der Waals surface area contributed by atoms with Gasteiger partial charge < -0.3 is 0 Å². The van der Waals surface area contributed by atoms with Crippen LogP contribution in [0.1, 0.15) is 29.0 Å². The number of hydrogen-bond donors (Lipinski definition) is 0. The molecule has 92 valence electrons. The van der Waals surface area contributed by atoms with Crippen molar-refractivity contribution in [1.29, 1.82) is 0 Å². The van der Waals surface area contributed by atoms with Gasteiger partial charge >= 0.3 is 0 Å². The van der Waals surface area contributed by atoms with E-state index < -0.39 is 0 Å². The molecule has 1 atom stereocenters. The molecule has 0 spiro atoms. The van der Waals surface area contributed by atoms with Gasteiger partial charge in [-0.05, 0) is 48.4 Å². The lowest BCUT2D eigenvalue weighted by Gasteiger charge is -2.26. The van der Waals surface area contributed by atoms with Gasteiger partial charge in [0, 0.05) is 15.3 Å². The predicted octanol–water partition coefficient (Wildman–Crippen LogP) is 5.39. The molecule has 0 saturated heterocycles. The molecule has 2 aromatic carbocycles. The summed E-state index contributed by atoms with van der Waals surface area (Å²) < 4.78 is 1.17. The molecule has 3 rings (SSSR count). The maximum absolute atomic E-state index is 3.58. The zero-order valence-corrected chi connectivity index (χ0v) is 12.7. The molecule has 0 saturated carbocycles. The standard InChI is InChI=1S/C16H15BrS/c1-11-5-6-16-15(9-11)14(7-8-18-16)12-3-2-4-13(17)10-12/h2-6,9-10,14H,7-8H2,1H3. The molecule has 2 aromatic rings. The molecule has 0 fully saturated rings. The number of hydrogen-bond acceptors (Lipinski definition) is 1. The van der Waals surface area contributed by atoms with Gasteiger partial charge in [-0.3, -0.25) is 0 Å². The number of benzene rings is 2. The van der Waals surface area contributed by atoms with Crippen LogP contribution in [-0.2, 0) is 0 Å².